The Morgan fingerprint density at radius 3 is 2.73 bits per heavy atom. The Bertz CT molecular complexity index is 620. The first kappa shape index (κ1) is 15.5. The van der Waals surface area contributed by atoms with Crippen LogP contribution in [0.5, 0.6) is 0 Å². The number of sulfonamides is 1. The number of hydrogen-bond acceptors (Lipinski definition) is 6. The van der Waals surface area contributed by atoms with Gasteiger partial charge in [0.05, 0.1) is 6.54 Å². The zero-order chi connectivity index (χ0) is 15.7. The number of nitrogens with zero attached hydrogens (tertiary/aromatic N) is 1. The van der Waals surface area contributed by atoms with Gasteiger partial charge in [-0.3, -0.25) is 0 Å². The minimum atomic E-state index is -3.66. The molecule has 2 aliphatic rings. The molecule has 0 saturated heterocycles. The molecule has 1 N–H and O–H groups in total. The van der Waals surface area contributed by atoms with Gasteiger partial charge in [0.2, 0.25) is 4.90 Å². The first-order valence-electron chi connectivity index (χ1n) is 7.41. The number of allylic oxidation sites excluding steroid dienone is 2. The molecule has 0 spiro atoms. The number of ether oxygens (including phenoxy) is 2. The van der Waals surface area contributed by atoms with Crippen molar-refractivity contribution in [1.29, 1.82) is 0 Å². The monoisotopic (exact) mass is 328 g/mol. The molecule has 22 heavy (non-hydrogen) atoms. The summed E-state index contributed by atoms with van der Waals surface area (Å²) in [4.78, 5) is 0.0989. The highest BCUT2D eigenvalue weighted by molar-refractivity contribution is 7.95. The van der Waals surface area contributed by atoms with Crippen molar-refractivity contribution in [2.75, 3.05) is 13.2 Å². The molecule has 1 aromatic heterocycles. The molecule has 7 nitrogen and oxygen atoms in total. The Kier molecular flexibility index (Phi) is 4.24. The van der Waals surface area contributed by atoms with Crippen molar-refractivity contribution in [1.82, 2.24) is 9.88 Å². The minimum absolute atomic E-state index is 0.0989. The van der Waals surface area contributed by atoms with E-state index >= 15 is 0 Å². The zero-order valence-corrected chi connectivity index (χ0v) is 13.5. The van der Waals surface area contributed by atoms with E-state index in [1.807, 2.05) is 0 Å². The lowest BCUT2D eigenvalue weighted by Crippen LogP contribution is -2.41. The quantitative estimate of drug-likeness (QED) is 0.849. The number of hydrogen-bond donors (Lipinski definition) is 1. The predicted octanol–water partition coefficient (Wildman–Crippen LogP) is 1.99. The van der Waals surface area contributed by atoms with Gasteiger partial charge < -0.3 is 18.5 Å². The molecule has 2 heterocycles. The number of nitrogens with one attached hydrogen (secondary N) is 1. The summed E-state index contributed by atoms with van der Waals surface area (Å²) in [6, 6.07) is 0. The summed E-state index contributed by atoms with van der Waals surface area (Å²) >= 11 is 0. The molecule has 0 bridgehead atoms. The van der Waals surface area contributed by atoms with Crippen molar-refractivity contribution < 1.29 is 22.8 Å². The summed E-state index contributed by atoms with van der Waals surface area (Å²) in [6.07, 6.45) is 3.66. The lowest BCUT2D eigenvalue weighted by atomic mass is 10.0. The second kappa shape index (κ2) is 6.02. The van der Waals surface area contributed by atoms with E-state index in [9.17, 15) is 8.76 Å². The second-order valence-corrected chi connectivity index (χ2v) is 7.31. The molecule has 122 valence electrons. The Labute approximate surface area is 130 Å². The molecular formula is C14H20N2O5S. The Hall–Kier alpha value is -1.38. The van der Waals surface area contributed by atoms with Gasteiger partial charge in [0, 0.05) is 19.8 Å². The van der Waals surface area contributed by atoms with E-state index in [1.165, 1.54) is 0 Å². The molecule has 0 radical (unpaired) electrons. The van der Waals surface area contributed by atoms with Crippen LogP contribution < -0.4 is 4.72 Å². The minimum Gasteiger partial charge on any atom is -0.593 e. The SMILES string of the molecule is Cc1noc(C)c1[S+](=O)([O-])NCC1COC2=C(CCCC2)O1. The third kappa shape index (κ3) is 3.04. The highest BCUT2D eigenvalue weighted by Gasteiger charge is 2.32. The van der Waals surface area contributed by atoms with Gasteiger partial charge in [-0.25, -0.2) is 0 Å². The average Bonchev–Trinajstić information content (AvgIpc) is 2.85. The van der Waals surface area contributed by atoms with Gasteiger partial charge in [-0.1, -0.05) is 9.37 Å². The molecule has 1 aromatic rings. The topological polar surface area (TPSA) is 96.7 Å². The van der Waals surface area contributed by atoms with Crippen molar-refractivity contribution in [3.05, 3.63) is 23.0 Å². The molecule has 0 fully saturated rings. The van der Waals surface area contributed by atoms with Gasteiger partial charge in [0.25, 0.3) is 0 Å². The van der Waals surface area contributed by atoms with Crippen LogP contribution in [0.2, 0.25) is 0 Å². The number of aryl methyl sites for hydroxylation is 2. The molecule has 0 amide bonds. The van der Waals surface area contributed by atoms with Crippen LogP contribution in [0.4, 0.5) is 0 Å². The zero-order valence-electron chi connectivity index (χ0n) is 12.7. The largest absolute Gasteiger partial charge is 0.593 e. The van der Waals surface area contributed by atoms with E-state index in [-0.39, 0.29) is 23.3 Å². The van der Waals surface area contributed by atoms with Crippen LogP contribution in [0, 0.1) is 13.8 Å². The van der Waals surface area contributed by atoms with E-state index in [0.717, 1.165) is 37.2 Å². The molecule has 2 unspecified atom stereocenters. The van der Waals surface area contributed by atoms with Crippen LogP contribution in [0.3, 0.4) is 0 Å². The van der Waals surface area contributed by atoms with Crippen LogP contribution in [0.1, 0.15) is 37.1 Å². The smallest absolute Gasteiger partial charge is 0.240 e. The standard InChI is InChI=1S/C14H20N2O5S/c1-9-14(10(2)21-16-9)22(17,18)15-7-11-8-19-12-5-3-4-6-13(12)20-11/h11H,3-8H2,1-2H3,(H-,15,17,18). The average molecular weight is 328 g/mol. The van der Waals surface area contributed by atoms with Crippen molar-refractivity contribution >= 4 is 10.4 Å². The Morgan fingerprint density at radius 1 is 1.32 bits per heavy atom. The fourth-order valence-electron chi connectivity index (χ4n) is 2.79. The number of rotatable bonds is 4. The van der Waals surface area contributed by atoms with Crippen LogP contribution in [-0.4, -0.2) is 29.0 Å². The lowest BCUT2D eigenvalue weighted by molar-refractivity contribution is -0.0134. The summed E-state index contributed by atoms with van der Waals surface area (Å²) < 4.78 is 43.7. The van der Waals surface area contributed by atoms with Crippen molar-refractivity contribution in [2.45, 2.75) is 50.5 Å². The van der Waals surface area contributed by atoms with Crippen LogP contribution >= 0.6 is 0 Å². The molecule has 3 rings (SSSR count). The van der Waals surface area contributed by atoms with E-state index in [1.54, 1.807) is 13.8 Å². The van der Waals surface area contributed by atoms with Gasteiger partial charge in [-0.2, -0.15) is 0 Å². The fourth-order valence-corrected chi connectivity index (χ4v) is 4.18. The highest BCUT2D eigenvalue weighted by atomic mass is 32.3. The van der Waals surface area contributed by atoms with Crippen molar-refractivity contribution in [2.24, 2.45) is 0 Å². The normalized spacial score (nSPS) is 24.2. The van der Waals surface area contributed by atoms with Gasteiger partial charge in [0.15, 0.2) is 16.2 Å². The summed E-state index contributed by atoms with van der Waals surface area (Å²) in [6.45, 7) is 3.70. The fraction of sp³-hybridized carbons (Fsp3) is 0.643. The van der Waals surface area contributed by atoms with Crippen LogP contribution in [-0.2, 0) is 24.1 Å². The Balaban J connectivity index is 1.63. The molecule has 1 aliphatic carbocycles. The molecule has 8 heteroatoms. The van der Waals surface area contributed by atoms with E-state index in [4.69, 9.17) is 14.0 Å². The maximum atomic E-state index is 12.3. The maximum absolute atomic E-state index is 12.3. The molecular weight excluding hydrogens is 308 g/mol. The summed E-state index contributed by atoms with van der Waals surface area (Å²) in [5.74, 6) is 2.08. The van der Waals surface area contributed by atoms with Crippen LogP contribution in [0.25, 0.3) is 0 Å². The molecule has 0 saturated carbocycles. The van der Waals surface area contributed by atoms with Gasteiger partial charge in [0.1, 0.15) is 29.9 Å². The van der Waals surface area contributed by atoms with Gasteiger partial charge >= 0.3 is 0 Å². The first-order valence-corrected chi connectivity index (χ1v) is 8.89. The lowest BCUT2D eigenvalue weighted by Gasteiger charge is -2.31. The van der Waals surface area contributed by atoms with Gasteiger partial charge in [-0.15, -0.1) is 4.72 Å². The van der Waals surface area contributed by atoms with Crippen molar-refractivity contribution in [3.63, 3.8) is 0 Å². The van der Waals surface area contributed by atoms with E-state index < -0.39 is 10.4 Å². The highest BCUT2D eigenvalue weighted by Crippen LogP contribution is 2.31. The van der Waals surface area contributed by atoms with Crippen LogP contribution in [0.15, 0.2) is 20.9 Å². The van der Waals surface area contributed by atoms with E-state index in [0.29, 0.717) is 12.3 Å². The summed E-state index contributed by atoms with van der Waals surface area (Å²) in [7, 11) is -3.66. The Morgan fingerprint density at radius 2 is 2.05 bits per heavy atom. The first-order chi connectivity index (χ1) is 10.5. The summed E-state index contributed by atoms with van der Waals surface area (Å²) in [5, 5.41) is 3.67. The molecule has 2 atom stereocenters. The van der Waals surface area contributed by atoms with E-state index in [2.05, 4.69) is 9.88 Å². The van der Waals surface area contributed by atoms with Gasteiger partial charge in [-0.05, 0) is 19.8 Å². The molecule has 0 aromatic carbocycles. The third-order valence-corrected chi connectivity index (χ3v) is 5.53. The third-order valence-electron chi connectivity index (χ3n) is 3.86. The summed E-state index contributed by atoms with van der Waals surface area (Å²) in [5.41, 5.74) is 0.350. The second-order valence-electron chi connectivity index (χ2n) is 5.61. The van der Waals surface area contributed by atoms with Crippen molar-refractivity contribution in [3.8, 4) is 0 Å². The molecule has 1 aliphatic heterocycles. The predicted molar refractivity (Wildman–Crippen MR) is 77.4 cm³/mol. The number of aromatic nitrogens is 1. The maximum Gasteiger partial charge on any atom is 0.240 e.